The van der Waals surface area contributed by atoms with Crippen molar-refractivity contribution in [1.82, 2.24) is 10.0 Å². The van der Waals surface area contributed by atoms with Crippen molar-refractivity contribution in [3.8, 4) is 0 Å². The quantitative estimate of drug-likeness (QED) is 0.569. The number of hydrogen-bond donors (Lipinski definition) is 2. The van der Waals surface area contributed by atoms with E-state index < -0.39 is 21.3 Å². The van der Waals surface area contributed by atoms with Crippen molar-refractivity contribution in [2.24, 2.45) is 0 Å². The van der Waals surface area contributed by atoms with Gasteiger partial charge >= 0.3 is 0 Å². The van der Waals surface area contributed by atoms with Gasteiger partial charge in [0.15, 0.2) is 0 Å². The molecule has 28 heavy (non-hydrogen) atoms. The molecule has 0 saturated carbocycles. The fourth-order valence-electron chi connectivity index (χ4n) is 2.75. The summed E-state index contributed by atoms with van der Waals surface area (Å²) < 4.78 is 27.1. The topological polar surface area (TPSA) is 75.3 Å². The monoisotopic (exact) mass is 401 g/mol. The van der Waals surface area contributed by atoms with E-state index in [0.717, 1.165) is 24.8 Å². The van der Waals surface area contributed by atoms with Crippen LogP contribution in [0.5, 0.6) is 0 Å². The van der Waals surface area contributed by atoms with Gasteiger partial charge in [-0.3, -0.25) is 4.79 Å². The Labute approximate surface area is 168 Å². The Balaban J connectivity index is 1.88. The Hall–Kier alpha value is -2.18. The molecule has 0 saturated heterocycles. The minimum atomic E-state index is -3.55. The number of nitrogens with one attached hydrogen (secondary N) is 2. The number of unbranched alkanes of at least 4 members (excludes halogenated alkanes) is 1. The lowest BCUT2D eigenvalue weighted by Crippen LogP contribution is -2.49. The Morgan fingerprint density at radius 2 is 1.68 bits per heavy atom. The van der Waals surface area contributed by atoms with Crippen LogP contribution < -0.4 is 10.0 Å². The van der Waals surface area contributed by atoms with Crippen molar-refractivity contribution in [2.45, 2.75) is 50.8 Å². The number of carbonyl (C=O) groups is 1. The molecule has 5 nitrogen and oxygen atoms in total. The number of amides is 1. The second kappa shape index (κ2) is 11.0. The van der Waals surface area contributed by atoms with Crippen LogP contribution in [0.1, 0.15) is 37.8 Å². The van der Waals surface area contributed by atoms with Gasteiger partial charge in [0.2, 0.25) is 15.9 Å². The summed E-state index contributed by atoms with van der Waals surface area (Å²) in [5.41, 5.74) is 2.16. The van der Waals surface area contributed by atoms with Crippen molar-refractivity contribution >= 4 is 15.9 Å². The highest BCUT2D eigenvalue weighted by molar-refractivity contribution is 7.90. The highest BCUT2D eigenvalue weighted by atomic mass is 32.2. The van der Waals surface area contributed by atoms with Crippen LogP contribution in [0.15, 0.2) is 54.6 Å². The summed E-state index contributed by atoms with van der Waals surface area (Å²) >= 11 is 0. The Morgan fingerprint density at radius 1 is 1.00 bits per heavy atom. The summed E-state index contributed by atoms with van der Waals surface area (Å²) in [5, 5.41) is 2.28. The molecule has 0 aliphatic heterocycles. The van der Waals surface area contributed by atoms with E-state index in [2.05, 4.69) is 28.2 Å². The van der Waals surface area contributed by atoms with E-state index in [9.17, 15) is 13.2 Å². The van der Waals surface area contributed by atoms with Gasteiger partial charge in [-0.05, 0) is 56.7 Å². The molecule has 0 spiro atoms. The van der Waals surface area contributed by atoms with Crippen LogP contribution in [0.3, 0.4) is 0 Å². The van der Waals surface area contributed by atoms with Crippen LogP contribution in [-0.4, -0.2) is 32.2 Å². The van der Waals surface area contributed by atoms with Gasteiger partial charge in [0.05, 0.1) is 5.25 Å². The van der Waals surface area contributed by atoms with Crippen LogP contribution in [0.25, 0.3) is 0 Å². The molecular weight excluding hydrogens is 372 g/mol. The summed E-state index contributed by atoms with van der Waals surface area (Å²) in [5.74, 6) is -0.295. The van der Waals surface area contributed by atoms with E-state index in [1.165, 1.54) is 5.56 Å². The van der Waals surface area contributed by atoms with E-state index in [4.69, 9.17) is 0 Å². The Kier molecular flexibility index (Phi) is 8.67. The van der Waals surface area contributed by atoms with Gasteiger partial charge in [0.25, 0.3) is 0 Å². The zero-order chi connectivity index (χ0) is 20.4. The highest BCUT2D eigenvalue weighted by Crippen LogP contribution is 2.07. The summed E-state index contributed by atoms with van der Waals surface area (Å²) in [6.07, 6.45) is 3.06. The third-order valence-corrected chi connectivity index (χ3v) is 6.36. The number of benzene rings is 2. The predicted octanol–water partition coefficient (Wildman–Crippen LogP) is 2.86. The minimum Gasteiger partial charge on any atom is -0.355 e. The smallest absolute Gasteiger partial charge is 0.238 e. The summed E-state index contributed by atoms with van der Waals surface area (Å²) in [6, 6.07) is 19.5. The molecule has 0 heterocycles. The van der Waals surface area contributed by atoms with Gasteiger partial charge in [-0.2, -0.15) is 0 Å². The van der Waals surface area contributed by atoms with E-state index in [-0.39, 0.29) is 5.91 Å². The first kappa shape index (κ1) is 22.1. The minimum absolute atomic E-state index is 0.295. The zero-order valence-electron chi connectivity index (χ0n) is 16.5. The van der Waals surface area contributed by atoms with E-state index >= 15 is 0 Å². The van der Waals surface area contributed by atoms with Crippen molar-refractivity contribution in [3.63, 3.8) is 0 Å². The maximum atomic E-state index is 12.6. The van der Waals surface area contributed by atoms with Crippen LogP contribution in [0, 0.1) is 6.07 Å². The molecule has 0 aromatic heterocycles. The van der Waals surface area contributed by atoms with Crippen LogP contribution in [-0.2, 0) is 27.7 Å². The van der Waals surface area contributed by atoms with Gasteiger partial charge in [-0.25, -0.2) is 13.1 Å². The second-order valence-corrected chi connectivity index (χ2v) is 9.38. The maximum absolute atomic E-state index is 12.6. The molecule has 0 fully saturated rings. The summed E-state index contributed by atoms with van der Waals surface area (Å²) in [7, 11) is -3.55. The molecule has 0 unspecified atom stereocenters. The fraction of sp³-hybridized carbons (Fsp3) is 0.409. The largest absolute Gasteiger partial charge is 0.355 e. The third-order valence-electron chi connectivity index (χ3n) is 4.50. The maximum Gasteiger partial charge on any atom is 0.238 e. The molecule has 1 amide bonds. The first-order valence-corrected chi connectivity index (χ1v) is 11.2. The van der Waals surface area contributed by atoms with Crippen molar-refractivity contribution in [3.05, 3.63) is 71.8 Å². The molecule has 0 aliphatic rings. The predicted molar refractivity (Wildman–Crippen MR) is 112 cm³/mol. The number of aryl methyl sites for hydroxylation is 1. The fourth-order valence-corrected chi connectivity index (χ4v) is 3.61. The normalized spacial score (nSPS) is 12.7. The highest BCUT2D eigenvalue weighted by Gasteiger charge is 2.26. The average Bonchev–Trinajstić information content (AvgIpc) is 2.68. The third kappa shape index (κ3) is 7.44. The lowest BCUT2D eigenvalue weighted by molar-refractivity contribution is -0.122. The number of rotatable bonds is 11. The van der Waals surface area contributed by atoms with Gasteiger partial charge in [-0.15, -0.1) is 0 Å². The number of hydrogen-bond acceptors (Lipinski definition) is 3. The molecule has 2 aromatic rings. The molecule has 2 aromatic carbocycles. The van der Waals surface area contributed by atoms with Crippen LogP contribution in [0.4, 0.5) is 0 Å². The first-order valence-electron chi connectivity index (χ1n) is 9.66. The van der Waals surface area contributed by atoms with Gasteiger partial charge in [0.1, 0.15) is 6.04 Å². The molecule has 6 heteroatoms. The Morgan fingerprint density at radius 3 is 2.32 bits per heavy atom. The standard InChI is InChI=1S/C22H29N2O3S/c1-18(2)28(26,27)24-21(17-20-14-7-4-8-15-20)22(25)23-16-10-9-13-19-11-5-3-6-12-19/h3,5-8,11-12,14-15,18,21,24H,9-10,13,16-17H2,1-2H3,(H,23,25)/t21-/m0/s1. The molecule has 1 radical (unpaired) electrons. The van der Waals surface area contributed by atoms with Gasteiger partial charge < -0.3 is 5.32 Å². The van der Waals surface area contributed by atoms with E-state index in [1.54, 1.807) is 26.0 Å². The number of sulfonamides is 1. The average molecular weight is 402 g/mol. The Bertz CT molecular complexity index is 821. The van der Waals surface area contributed by atoms with Crippen LogP contribution in [0.2, 0.25) is 0 Å². The second-order valence-electron chi connectivity index (χ2n) is 7.11. The van der Waals surface area contributed by atoms with Crippen molar-refractivity contribution in [2.75, 3.05) is 6.54 Å². The summed E-state index contributed by atoms with van der Waals surface area (Å²) in [6.45, 7) is 3.71. The molecule has 2 rings (SSSR count). The van der Waals surface area contributed by atoms with Crippen LogP contribution >= 0.6 is 0 Å². The molecule has 151 valence electrons. The molecule has 0 aliphatic carbocycles. The van der Waals surface area contributed by atoms with Gasteiger partial charge in [-0.1, -0.05) is 54.6 Å². The van der Waals surface area contributed by atoms with Crippen molar-refractivity contribution in [1.29, 1.82) is 0 Å². The number of carbonyl (C=O) groups excluding carboxylic acids is 1. The zero-order valence-corrected chi connectivity index (χ0v) is 17.3. The first-order chi connectivity index (χ1) is 13.4. The summed E-state index contributed by atoms with van der Waals surface area (Å²) in [4.78, 5) is 12.6. The molecular formula is C22H29N2O3S. The van der Waals surface area contributed by atoms with E-state index in [0.29, 0.717) is 13.0 Å². The van der Waals surface area contributed by atoms with Gasteiger partial charge in [0, 0.05) is 6.54 Å². The molecule has 2 N–H and O–H groups in total. The van der Waals surface area contributed by atoms with Crippen molar-refractivity contribution < 1.29 is 13.2 Å². The molecule has 1 atom stereocenters. The SMILES string of the molecule is CC(C)S(=O)(=O)N[C@@H](Cc1cc[c]cc1)C(=O)NCCCCc1ccccc1. The molecule has 0 bridgehead atoms. The lowest BCUT2D eigenvalue weighted by atomic mass is 10.1. The van der Waals surface area contributed by atoms with E-state index in [1.807, 2.05) is 30.3 Å². The lowest BCUT2D eigenvalue weighted by Gasteiger charge is -2.20.